The van der Waals surface area contributed by atoms with E-state index < -0.39 is 10.0 Å². The number of rotatable bonds is 6. The van der Waals surface area contributed by atoms with Crippen molar-refractivity contribution >= 4 is 39.1 Å². The number of ether oxygens (including phenoxy) is 1. The second-order valence-corrected chi connectivity index (χ2v) is 9.14. The van der Waals surface area contributed by atoms with Gasteiger partial charge in [0.15, 0.2) is 12.4 Å². The van der Waals surface area contributed by atoms with E-state index in [1.54, 1.807) is 35.2 Å². The summed E-state index contributed by atoms with van der Waals surface area (Å²) in [6, 6.07) is 14.0. The number of benzene rings is 2. The number of nitrogens with zero attached hydrogens (tertiary/aromatic N) is 2. The van der Waals surface area contributed by atoms with Gasteiger partial charge in [0, 0.05) is 26.2 Å². The summed E-state index contributed by atoms with van der Waals surface area (Å²) in [7, 11) is -3.42. The van der Waals surface area contributed by atoms with Crippen molar-refractivity contribution < 1.29 is 17.9 Å². The van der Waals surface area contributed by atoms with Gasteiger partial charge in [-0.05, 0) is 17.7 Å². The van der Waals surface area contributed by atoms with Crippen LogP contribution >= 0.6 is 23.2 Å². The molecule has 1 fully saturated rings. The van der Waals surface area contributed by atoms with Gasteiger partial charge in [0.1, 0.15) is 0 Å². The van der Waals surface area contributed by atoms with Gasteiger partial charge in [-0.2, -0.15) is 4.31 Å². The van der Waals surface area contributed by atoms with Crippen LogP contribution in [0.25, 0.3) is 0 Å². The van der Waals surface area contributed by atoms with Crippen molar-refractivity contribution in [2.75, 3.05) is 32.8 Å². The molecule has 2 aromatic carbocycles. The van der Waals surface area contributed by atoms with E-state index >= 15 is 0 Å². The molecule has 1 heterocycles. The van der Waals surface area contributed by atoms with Crippen molar-refractivity contribution in [2.45, 2.75) is 5.75 Å². The summed E-state index contributed by atoms with van der Waals surface area (Å²) in [6.07, 6.45) is 0. The minimum atomic E-state index is -3.42. The van der Waals surface area contributed by atoms with Crippen LogP contribution in [0.5, 0.6) is 5.75 Å². The Morgan fingerprint density at radius 3 is 2.14 bits per heavy atom. The Morgan fingerprint density at radius 1 is 0.929 bits per heavy atom. The van der Waals surface area contributed by atoms with E-state index in [0.717, 1.165) is 5.56 Å². The van der Waals surface area contributed by atoms with Crippen molar-refractivity contribution in [2.24, 2.45) is 0 Å². The third-order valence-electron chi connectivity index (χ3n) is 4.44. The van der Waals surface area contributed by atoms with Gasteiger partial charge in [-0.15, -0.1) is 0 Å². The first-order valence-electron chi connectivity index (χ1n) is 8.73. The first-order chi connectivity index (χ1) is 13.4. The molecule has 1 aliphatic rings. The molecule has 6 nitrogen and oxygen atoms in total. The molecular weight excluding hydrogens is 423 g/mol. The minimum absolute atomic E-state index is 0.0457. The monoisotopic (exact) mass is 442 g/mol. The van der Waals surface area contributed by atoms with Gasteiger partial charge in [-0.1, -0.05) is 59.6 Å². The Hall–Kier alpha value is -1.80. The van der Waals surface area contributed by atoms with Crippen molar-refractivity contribution in [3.05, 3.63) is 64.1 Å². The Bertz CT molecular complexity index is 910. The summed E-state index contributed by atoms with van der Waals surface area (Å²) in [5.74, 6) is -0.0186. The first-order valence-corrected chi connectivity index (χ1v) is 11.1. The fourth-order valence-corrected chi connectivity index (χ4v) is 4.96. The van der Waals surface area contributed by atoms with Crippen LogP contribution in [0.2, 0.25) is 10.0 Å². The third kappa shape index (κ3) is 5.17. The summed E-state index contributed by atoms with van der Waals surface area (Å²) in [5, 5.41) is 0.661. The molecule has 28 heavy (non-hydrogen) atoms. The highest BCUT2D eigenvalue weighted by atomic mass is 35.5. The molecule has 0 spiro atoms. The van der Waals surface area contributed by atoms with Gasteiger partial charge < -0.3 is 9.64 Å². The lowest BCUT2D eigenvalue weighted by molar-refractivity contribution is -0.134. The van der Waals surface area contributed by atoms with Crippen molar-refractivity contribution in [3.63, 3.8) is 0 Å². The van der Waals surface area contributed by atoms with E-state index in [1.807, 2.05) is 18.2 Å². The van der Waals surface area contributed by atoms with Crippen molar-refractivity contribution in [1.29, 1.82) is 0 Å². The van der Waals surface area contributed by atoms with Crippen molar-refractivity contribution in [3.8, 4) is 5.75 Å². The maximum absolute atomic E-state index is 12.6. The Labute approximate surface area is 174 Å². The second-order valence-electron chi connectivity index (χ2n) is 6.36. The number of halogens is 2. The zero-order valence-electron chi connectivity index (χ0n) is 15.1. The van der Waals surface area contributed by atoms with E-state index in [4.69, 9.17) is 27.9 Å². The molecule has 1 amide bonds. The number of para-hydroxylation sites is 1. The number of amides is 1. The Morgan fingerprint density at radius 2 is 1.54 bits per heavy atom. The lowest BCUT2D eigenvalue weighted by Crippen LogP contribution is -2.51. The molecule has 1 aliphatic heterocycles. The summed E-state index contributed by atoms with van der Waals surface area (Å²) >= 11 is 12.1. The van der Waals surface area contributed by atoms with Crippen LogP contribution in [-0.2, 0) is 20.6 Å². The molecule has 0 radical (unpaired) electrons. The highest BCUT2D eigenvalue weighted by Gasteiger charge is 2.29. The first kappa shape index (κ1) is 20.9. The smallest absolute Gasteiger partial charge is 0.260 e. The average molecular weight is 443 g/mol. The van der Waals surface area contributed by atoms with Crippen LogP contribution in [0.4, 0.5) is 0 Å². The number of hydrogen-bond acceptors (Lipinski definition) is 4. The predicted molar refractivity (Wildman–Crippen MR) is 109 cm³/mol. The summed E-state index contributed by atoms with van der Waals surface area (Å²) in [5.41, 5.74) is 0.742. The predicted octanol–water partition coefficient (Wildman–Crippen LogP) is 3.05. The van der Waals surface area contributed by atoms with E-state index in [9.17, 15) is 13.2 Å². The minimum Gasteiger partial charge on any atom is -0.481 e. The van der Waals surface area contributed by atoms with Gasteiger partial charge in [0.2, 0.25) is 10.0 Å². The Kier molecular flexibility index (Phi) is 6.82. The lowest BCUT2D eigenvalue weighted by Gasteiger charge is -2.34. The van der Waals surface area contributed by atoms with Crippen molar-refractivity contribution in [1.82, 2.24) is 9.21 Å². The number of carbonyl (C=O) groups excluding carboxylic acids is 1. The summed E-state index contributed by atoms with van der Waals surface area (Å²) < 4.78 is 32.1. The third-order valence-corrected chi connectivity index (χ3v) is 6.88. The molecule has 1 saturated heterocycles. The van der Waals surface area contributed by atoms with Gasteiger partial charge in [-0.3, -0.25) is 4.79 Å². The largest absolute Gasteiger partial charge is 0.481 e. The quantitative estimate of drug-likeness (QED) is 0.689. The molecule has 0 aliphatic carbocycles. The fourth-order valence-electron chi connectivity index (χ4n) is 2.94. The van der Waals surface area contributed by atoms with Crippen LogP contribution in [-0.4, -0.2) is 56.3 Å². The molecule has 0 unspecified atom stereocenters. The summed E-state index contributed by atoms with van der Waals surface area (Å²) in [6.45, 7) is 0.931. The molecule has 3 rings (SSSR count). The number of piperazine rings is 1. The van der Waals surface area contributed by atoms with Crippen LogP contribution in [0.1, 0.15) is 5.56 Å². The molecule has 0 saturated carbocycles. The van der Waals surface area contributed by atoms with E-state index in [0.29, 0.717) is 23.1 Å². The van der Waals surface area contributed by atoms with Gasteiger partial charge in [-0.25, -0.2) is 8.42 Å². The maximum atomic E-state index is 12.6. The number of carbonyl (C=O) groups is 1. The highest BCUT2D eigenvalue weighted by molar-refractivity contribution is 7.88. The summed E-state index contributed by atoms with van der Waals surface area (Å²) in [4.78, 5) is 14.0. The number of sulfonamides is 1. The van der Waals surface area contributed by atoms with E-state index in [1.165, 1.54) is 4.31 Å². The molecule has 0 bridgehead atoms. The molecular formula is C19H20Cl2N2O4S. The normalized spacial score (nSPS) is 15.4. The molecule has 0 aromatic heterocycles. The van der Waals surface area contributed by atoms with Crippen LogP contribution in [0.3, 0.4) is 0 Å². The molecule has 2 aromatic rings. The zero-order valence-corrected chi connectivity index (χ0v) is 17.4. The molecule has 150 valence electrons. The molecule has 9 heteroatoms. The second kappa shape index (κ2) is 9.13. The van der Waals surface area contributed by atoms with Crippen LogP contribution in [0, 0.1) is 0 Å². The number of hydrogen-bond donors (Lipinski definition) is 0. The van der Waals surface area contributed by atoms with E-state index in [2.05, 4.69) is 0 Å². The standard InChI is InChI=1S/C19H20Cl2N2O4S/c20-16-7-4-8-17(21)19(16)27-13-18(24)22-9-11-23(12-10-22)28(25,26)14-15-5-2-1-3-6-15/h1-8H,9-14H2. The molecule has 0 atom stereocenters. The zero-order chi connectivity index (χ0) is 20.1. The van der Waals surface area contributed by atoms with Crippen LogP contribution < -0.4 is 4.74 Å². The van der Waals surface area contributed by atoms with E-state index in [-0.39, 0.29) is 37.1 Å². The maximum Gasteiger partial charge on any atom is 0.260 e. The van der Waals surface area contributed by atoms with Crippen LogP contribution in [0.15, 0.2) is 48.5 Å². The van der Waals surface area contributed by atoms with Gasteiger partial charge >= 0.3 is 0 Å². The Balaban J connectivity index is 1.52. The topological polar surface area (TPSA) is 66.9 Å². The molecule has 0 N–H and O–H groups in total. The van der Waals surface area contributed by atoms with Gasteiger partial charge in [0.05, 0.1) is 15.8 Å². The lowest BCUT2D eigenvalue weighted by atomic mass is 10.2. The fraction of sp³-hybridized carbons (Fsp3) is 0.316. The highest BCUT2D eigenvalue weighted by Crippen LogP contribution is 2.32. The SMILES string of the molecule is O=C(COc1c(Cl)cccc1Cl)N1CCN(S(=O)(=O)Cc2ccccc2)CC1. The van der Waals surface area contributed by atoms with Gasteiger partial charge in [0.25, 0.3) is 5.91 Å². The average Bonchev–Trinajstić information content (AvgIpc) is 2.68.